The minimum Gasteiger partial charge on any atom is -0.324 e. The number of nitrogens with zero attached hydrogens (tertiary/aromatic N) is 1. The fraction of sp³-hybridized carbons (Fsp3) is 0.267. The first-order valence-electron chi connectivity index (χ1n) is 6.80. The first-order chi connectivity index (χ1) is 10.3. The van der Waals surface area contributed by atoms with E-state index >= 15 is 0 Å². The summed E-state index contributed by atoms with van der Waals surface area (Å²) in [7, 11) is -4.41. The van der Waals surface area contributed by atoms with Gasteiger partial charge in [-0.3, -0.25) is 14.6 Å². The molecule has 7 heteroatoms. The Hall–Kier alpha value is -1.72. The van der Waals surface area contributed by atoms with Crippen molar-refractivity contribution >= 4 is 24.3 Å². The molecule has 1 atom stereocenters. The van der Waals surface area contributed by atoms with Crippen molar-refractivity contribution in [3.8, 4) is 0 Å². The van der Waals surface area contributed by atoms with E-state index in [1.807, 2.05) is 24.3 Å². The van der Waals surface area contributed by atoms with Crippen molar-refractivity contribution in [3.05, 3.63) is 48.0 Å². The molecule has 118 valence electrons. The maximum absolute atomic E-state index is 11.8. The normalized spacial score (nSPS) is 13.1. The molecule has 22 heavy (non-hydrogen) atoms. The number of benzene rings is 2. The number of carbonyl (C=O) groups is 1. The van der Waals surface area contributed by atoms with E-state index in [1.54, 1.807) is 18.2 Å². The number of fused-ring (bicyclic) bond motifs is 1. The minimum absolute atomic E-state index is 0.0291. The monoisotopic (exact) mass is 323 g/mol. The second-order valence-corrected chi connectivity index (χ2v) is 6.94. The van der Waals surface area contributed by atoms with E-state index in [0.29, 0.717) is 10.6 Å². The van der Waals surface area contributed by atoms with E-state index in [0.717, 1.165) is 10.8 Å². The van der Waals surface area contributed by atoms with Crippen molar-refractivity contribution in [2.75, 3.05) is 6.54 Å². The lowest BCUT2D eigenvalue weighted by atomic mass is 10.0. The Bertz CT molecular complexity index is 727. The van der Waals surface area contributed by atoms with Crippen LogP contribution in [0.3, 0.4) is 0 Å². The number of rotatable bonds is 5. The van der Waals surface area contributed by atoms with Gasteiger partial charge in [-0.05, 0) is 22.8 Å². The van der Waals surface area contributed by atoms with Crippen LogP contribution in [0.5, 0.6) is 0 Å². The molecule has 3 N–H and O–H groups in total. The number of amides is 1. The Morgan fingerprint density at radius 2 is 1.82 bits per heavy atom. The summed E-state index contributed by atoms with van der Waals surface area (Å²) in [4.78, 5) is 30.2. The van der Waals surface area contributed by atoms with E-state index in [-0.39, 0.29) is 13.0 Å². The highest BCUT2D eigenvalue weighted by molar-refractivity contribution is 7.52. The molecule has 1 amide bonds. The molecule has 6 nitrogen and oxygen atoms in total. The van der Waals surface area contributed by atoms with Crippen molar-refractivity contribution in [2.45, 2.75) is 19.0 Å². The van der Waals surface area contributed by atoms with Crippen LogP contribution in [-0.2, 0) is 9.36 Å². The van der Waals surface area contributed by atoms with Crippen molar-refractivity contribution in [2.24, 2.45) is 0 Å². The van der Waals surface area contributed by atoms with Gasteiger partial charge >= 0.3 is 7.60 Å². The Morgan fingerprint density at radius 3 is 2.41 bits per heavy atom. The molecule has 0 aliphatic carbocycles. The van der Waals surface area contributed by atoms with Crippen LogP contribution in [0.4, 0.5) is 0 Å². The fourth-order valence-electron chi connectivity index (χ4n) is 2.35. The third kappa shape index (κ3) is 3.93. The summed E-state index contributed by atoms with van der Waals surface area (Å²) in [5.41, 5.74) is -0.574. The van der Waals surface area contributed by atoms with Gasteiger partial charge in [-0.25, -0.2) is 5.06 Å². The Labute approximate surface area is 128 Å². The maximum atomic E-state index is 11.8. The number of hydrogen-bond acceptors (Lipinski definition) is 3. The Balaban J connectivity index is 2.31. The van der Waals surface area contributed by atoms with Gasteiger partial charge in [-0.1, -0.05) is 42.5 Å². The molecule has 0 aliphatic heterocycles. The molecule has 0 bridgehead atoms. The van der Waals surface area contributed by atoms with Crippen LogP contribution >= 0.6 is 7.60 Å². The zero-order valence-corrected chi connectivity index (χ0v) is 13.0. The number of hydroxylamine groups is 2. The van der Waals surface area contributed by atoms with Gasteiger partial charge < -0.3 is 9.79 Å². The Morgan fingerprint density at radius 1 is 1.18 bits per heavy atom. The molecule has 0 heterocycles. The molecular weight excluding hydrogens is 305 g/mol. The zero-order valence-electron chi connectivity index (χ0n) is 12.1. The lowest BCUT2D eigenvalue weighted by Gasteiger charge is -2.21. The zero-order chi connectivity index (χ0) is 16.3. The van der Waals surface area contributed by atoms with E-state index in [4.69, 9.17) is 0 Å². The Kier molecular flexibility index (Phi) is 4.98. The van der Waals surface area contributed by atoms with Crippen LogP contribution in [0.25, 0.3) is 10.8 Å². The van der Waals surface area contributed by atoms with Gasteiger partial charge in [0, 0.05) is 13.5 Å². The highest BCUT2D eigenvalue weighted by atomic mass is 31.2. The van der Waals surface area contributed by atoms with Crippen LogP contribution in [-0.4, -0.2) is 32.5 Å². The molecule has 2 rings (SSSR count). The quantitative estimate of drug-likeness (QED) is 0.446. The standard InChI is InChI=1S/C15H18NO5P/c1-11(17)16(18)9-8-15(22(19,20)21)14-7-6-12-4-2-3-5-13(12)10-14/h2-7,10,15,18H,8-9H2,1H3,(H2,19,20,21). The van der Waals surface area contributed by atoms with Crippen LogP contribution in [0, 0.1) is 0 Å². The molecule has 0 spiro atoms. The maximum Gasteiger partial charge on any atom is 0.333 e. The second-order valence-electron chi connectivity index (χ2n) is 5.14. The van der Waals surface area contributed by atoms with Crippen LogP contribution in [0.2, 0.25) is 0 Å². The molecule has 0 aliphatic rings. The highest BCUT2D eigenvalue weighted by Crippen LogP contribution is 2.54. The predicted octanol–water partition coefficient (Wildman–Crippen LogP) is 2.69. The van der Waals surface area contributed by atoms with Gasteiger partial charge in [-0.2, -0.15) is 0 Å². The van der Waals surface area contributed by atoms with Crippen molar-refractivity contribution in [1.29, 1.82) is 0 Å². The average Bonchev–Trinajstić information content (AvgIpc) is 2.45. The summed E-state index contributed by atoms with van der Waals surface area (Å²) in [5, 5.41) is 11.7. The third-order valence-corrected chi connectivity index (χ3v) is 4.91. The lowest BCUT2D eigenvalue weighted by molar-refractivity contribution is -0.162. The molecule has 0 saturated heterocycles. The van der Waals surface area contributed by atoms with Crippen LogP contribution in [0.15, 0.2) is 42.5 Å². The average molecular weight is 323 g/mol. The minimum atomic E-state index is -4.41. The summed E-state index contributed by atoms with van der Waals surface area (Å²) in [6, 6.07) is 12.7. The predicted molar refractivity (Wildman–Crippen MR) is 82.5 cm³/mol. The van der Waals surface area contributed by atoms with Crippen LogP contribution < -0.4 is 0 Å². The van der Waals surface area contributed by atoms with Gasteiger partial charge in [0.25, 0.3) is 0 Å². The SMILES string of the molecule is CC(=O)N(O)CCC(c1ccc2ccccc2c1)P(=O)(O)O. The lowest BCUT2D eigenvalue weighted by Crippen LogP contribution is -2.26. The van der Waals surface area contributed by atoms with Gasteiger partial charge in [0.2, 0.25) is 5.91 Å². The topological polar surface area (TPSA) is 98.1 Å². The first kappa shape index (κ1) is 16.6. The van der Waals surface area contributed by atoms with Crippen molar-refractivity contribution in [3.63, 3.8) is 0 Å². The highest BCUT2D eigenvalue weighted by Gasteiger charge is 2.31. The summed E-state index contributed by atoms with van der Waals surface area (Å²) < 4.78 is 11.8. The summed E-state index contributed by atoms with van der Waals surface area (Å²) >= 11 is 0. The molecule has 0 aromatic heterocycles. The van der Waals surface area contributed by atoms with Crippen molar-refractivity contribution < 1.29 is 24.4 Å². The smallest absolute Gasteiger partial charge is 0.324 e. The summed E-state index contributed by atoms with van der Waals surface area (Å²) in [6.45, 7) is 1.04. The molecular formula is C15H18NO5P. The third-order valence-electron chi connectivity index (χ3n) is 3.54. The first-order valence-corrected chi connectivity index (χ1v) is 8.48. The van der Waals surface area contributed by atoms with Gasteiger partial charge in [-0.15, -0.1) is 0 Å². The van der Waals surface area contributed by atoms with Gasteiger partial charge in [0.1, 0.15) is 0 Å². The van der Waals surface area contributed by atoms with E-state index < -0.39 is 19.2 Å². The molecule has 1 unspecified atom stereocenters. The van der Waals surface area contributed by atoms with E-state index in [9.17, 15) is 24.4 Å². The van der Waals surface area contributed by atoms with E-state index in [1.165, 1.54) is 6.92 Å². The summed E-state index contributed by atoms with van der Waals surface area (Å²) in [6.07, 6.45) is -0.0291. The van der Waals surface area contributed by atoms with Crippen molar-refractivity contribution in [1.82, 2.24) is 5.06 Å². The molecule has 2 aromatic rings. The number of hydrogen-bond donors (Lipinski definition) is 3. The second kappa shape index (κ2) is 6.58. The molecule has 0 fully saturated rings. The van der Waals surface area contributed by atoms with Crippen LogP contribution in [0.1, 0.15) is 24.6 Å². The fourth-order valence-corrected chi connectivity index (χ4v) is 3.35. The number of carbonyl (C=O) groups excluding carboxylic acids is 1. The molecule has 0 saturated carbocycles. The van der Waals surface area contributed by atoms with Gasteiger partial charge in [0.05, 0.1) is 5.66 Å². The molecule has 2 aromatic carbocycles. The van der Waals surface area contributed by atoms with E-state index in [2.05, 4.69) is 0 Å². The van der Waals surface area contributed by atoms with Gasteiger partial charge in [0.15, 0.2) is 0 Å². The largest absolute Gasteiger partial charge is 0.333 e. The molecule has 0 radical (unpaired) electrons. The summed E-state index contributed by atoms with van der Waals surface area (Å²) in [5.74, 6) is -0.567.